The lowest BCUT2D eigenvalue weighted by Gasteiger charge is -2.41. The summed E-state index contributed by atoms with van der Waals surface area (Å²) in [5.74, 6) is -0.766. The van der Waals surface area contributed by atoms with E-state index in [-0.39, 0.29) is 17.2 Å². The Morgan fingerprint density at radius 2 is 1.90 bits per heavy atom. The van der Waals surface area contributed by atoms with Gasteiger partial charge in [0.05, 0.1) is 6.42 Å². The van der Waals surface area contributed by atoms with Crippen molar-refractivity contribution in [1.29, 1.82) is 0 Å². The average molecular weight is 315 g/mol. The monoisotopic (exact) mass is 315 g/mol. The summed E-state index contributed by atoms with van der Waals surface area (Å²) in [5, 5.41) is 11.7. The second-order valence-electron chi connectivity index (χ2n) is 5.87. The molecule has 1 aliphatic carbocycles. The minimum absolute atomic E-state index is 0.0215. The van der Waals surface area contributed by atoms with Gasteiger partial charge in [0.2, 0.25) is 0 Å². The summed E-state index contributed by atoms with van der Waals surface area (Å²) < 4.78 is 0.263. The van der Waals surface area contributed by atoms with Gasteiger partial charge in [-0.2, -0.15) is 11.8 Å². The zero-order chi connectivity index (χ0) is 15.3. The first-order valence-electron chi connectivity index (χ1n) is 7.57. The van der Waals surface area contributed by atoms with E-state index in [1.807, 2.05) is 16.7 Å². The predicted molar refractivity (Wildman–Crippen MR) is 83.8 cm³/mol. The van der Waals surface area contributed by atoms with E-state index in [1.54, 1.807) is 0 Å². The Balaban J connectivity index is 1.67. The SMILES string of the molecule is CSC1(CNC(=O)N2CCN(CCC(=O)O)CC2)CCC1. The number of carbonyl (C=O) groups is 2. The number of thioether (sulfide) groups is 1. The van der Waals surface area contributed by atoms with Crippen molar-refractivity contribution in [2.75, 3.05) is 45.5 Å². The number of nitrogens with one attached hydrogen (secondary N) is 1. The number of nitrogens with zero attached hydrogens (tertiary/aromatic N) is 2. The number of aliphatic carboxylic acids is 1. The molecule has 0 radical (unpaired) electrons. The van der Waals surface area contributed by atoms with E-state index in [1.165, 1.54) is 19.3 Å². The van der Waals surface area contributed by atoms with Crippen LogP contribution in [0, 0.1) is 0 Å². The molecule has 1 saturated carbocycles. The fourth-order valence-corrected chi connectivity index (χ4v) is 3.71. The second-order valence-corrected chi connectivity index (χ2v) is 7.15. The van der Waals surface area contributed by atoms with E-state index in [0.717, 1.165) is 19.6 Å². The summed E-state index contributed by atoms with van der Waals surface area (Å²) in [6, 6.07) is 0.0215. The van der Waals surface area contributed by atoms with Crippen LogP contribution >= 0.6 is 11.8 Å². The molecule has 0 atom stereocenters. The number of carboxylic acids is 1. The van der Waals surface area contributed by atoms with Gasteiger partial charge in [0.1, 0.15) is 0 Å². The first-order valence-corrected chi connectivity index (χ1v) is 8.79. The Bertz CT molecular complexity index is 374. The number of urea groups is 1. The molecule has 0 spiro atoms. The lowest BCUT2D eigenvalue weighted by Crippen LogP contribution is -2.54. The molecule has 2 N–H and O–H groups in total. The maximum atomic E-state index is 12.2. The molecule has 6 nitrogen and oxygen atoms in total. The largest absolute Gasteiger partial charge is 0.481 e. The maximum absolute atomic E-state index is 12.2. The lowest BCUT2D eigenvalue weighted by atomic mass is 9.84. The molecule has 2 aliphatic rings. The van der Waals surface area contributed by atoms with E-state index in [2.05, 4.69) is 16.5 Å². The van der Waals surface area contributed by atoms with Crippen LogP contribution in [0.15, 0.2) is 0 Å². The normalized spacial score (nSPS) is 21.7. The third-order valence-corrected chi connectivity index (χ3v) is 5.98. The van der Waals surface area contributed by atoms with Crippen molar-refractivity contribution >= 4 is 23.8 Å². The fraction of sp³-hybridized carbons (Fsp3) is 0.857. The van der Waals surface area contributed by atoms with Crippen LogP contribution < -0.4 is 5.32 Å². The first kappa shape index (κ1) is 16.4. The van der Waals surface area contributed by atoms with Crippen LogP contribution in [0.1, 0.15) is 25.7 Å². The van der Waals surface area contributed by atoms with E-state index in [9.17, 15) is 9.59 Å². The standard InChI is InChI=1S/C14H25N3O3S/c1-21-14(4-2-5-14)11-15-13(20)17-9-7-16(8-10-17)6-3-12(18)19/h2-11H2,1H3,(H,15,20)(H,18,19). The van der Waals surface area contributed by atoms with Crippen molar-refractivity contribution < 1.29 is 14.7 Å². The highest BCUT2D eigenvalue weighted by Crippen LogP contribution is 2.42. The molecule has 7 heteroatoms. The Hall–Kier alpha value is -0.950. The highest BCUT2D eigenvalue weighted by atomic mass is 32.2. The fourth-order valence-electron chi connectivity index (χ4n) is 2.80. The Kier molecular flexibility index (Phi) is 5.75. The van der Waals surface area contributed by atoms with Gasteiger partial charge in [-0.1, -0.05) is 6.42 Å². The molecule has 1 aliphatic heterocycles. The van der Waals surface area contributed by atoms with Crippen LogP contribution in [0.3, 0.4) is 0 Å². The molecule has 2 rings (SSSR count). The predicted octanol–water partition coefficient (Wildman–Crippen LogP) is 1.07. The van der Waals surface area contributed by atoms with Gasteiger partial charge in [0, 0.05) is 44.0 Å². The molecule has 0 unspecified atom stereocenters. The third-order valence-electron chi connectivity index (χ3n) is 4.56. The number of hydrogen-bond acceptors (Lipinski definition) is 4. The second kappa shape index (κ2) is 7.35. The molecule has 0 aromatic rings. The number of carboxylic acid groups (broad SMARTS) is 1. The van der Waals surface area contributed by atoms with Gasteiger partial charge in [0.15, 0.2) is 0 Å². The molecule has 21 heavy (non-hydrogen) atoms. The van der Waals surface area contributed by atoms with Gasteiger partial charge in [0.25, 0.3) is 0 Å². The van der Waals surface area contributed by atoms with E-state index >= 15 is 0 Å². The summed E-state index contributed by atoms with van der Waals surface area (Å²) in [6.07, 6.45) is 5.93. The molecule has 0 bridgehead atoms. The van der Waals surface area contributed by atoms with Crippen LogP contribution in [0.25, 0.3) is 0 Å². The lowest BCUT2D eigenvalue weighted by molar-refractivity contribution is -0.137. The van der Waals surface area contributed by atoms with E-state index < -0.39 is 5.97 Å². The topological polar surface area (TPSA) is 72.9 Å². The molecule has 0 aromatic heterocycles. The van der Waals surface area contributed by atoms with E-state index in [4.69, 9.17) is 5.11 Å². The summed E-state index contributed by atoms with van der Waals surface area (Å²) in [6.45, 7) is 4.20. The summed E-state index contributed by atoms with van der Waals surface area (Å²) in [7, 11) is 0. The Morgan fingerprint density at radius 1 is 1.24 bits per heavy atom. The molecular weight excluding hydrogens is 290 g/mol. The number of amides is 2. The van der Waals surface area contributed by atoms with Gasteiger partial charge in [-0.3, -0.25) is 9.69 Å². The van der Waals surface area contributed by atoms with Crippen LogP contribution in [-0.2, 0) is 4.79 Å². The molecule has 2 amide bonds. The number of carbonyl (C=O) groups excluding carboxylic acids is 1. The molecule has 0 aromatic carbocycles. The zero-order valence-electron chi connectivity index (χ0n) is 12.6. The van der Waals surface area contributed by atoms with Crippen molar-refractivity contribution in [1.82, 2.24) is 15.1 Å². The van der Waals surface area contributed by atoms with Gasteiger partial charge >= 0.3 is 12.0 Å². The average Bonchev–Trinajstić information content (AvgIpc) is 2.44. The summed E-state index contributed by atoms with van der Waals surface area (Å²) >= 11 is 1.86. The van der Waals surface area contributed by atoms with Gasteiger partial charge < -0.3 is 15.3 Å². The van der Waals surface area contributed by atoms with Crippen molar-refractivity contribution in [2.24, 2.45) is 0 Å². The maximum Gasteiger partial charge on any atom is 0.317 e. The minimum atomic E-state index is -0.766. The minimum Gasteiger partial charge on any atom is -0.481 e. The van der Waals surface area contributed by atoms with Crippen LogP contribution in [0.5, 0.6) is 0 Å². The highest BCUT2D eigenvalue weighted by Gasteiger charge is 2.36. The van der Waals surface area contributed by atoms with E-state index in [0.29, 0.717) is 19.6 Å². The summed E-state index contributed by atoms with van der Waals surface area (Å²) in [5.41, 5.74) is 0. The smallest absolute Gasteiger partial charge is 0.317 e. The van der Waals surface area contributed by atoms with Gasteiger partial charge in [-0.25, -0.2) is 4.79 Å². The molecule has 2 fully saturated rings. The molecule has 1 saturated heterocycles. The van der Waals surface area contributed by atoms with Crippen molar-refractivity contribution in [3.63, 3.8) is 0 Å². The van der Waals surface area contributed by atoms with Crippen LogP contribution in [-0.4, -0.2) is 77.2 Å². The van der Waals surface area contributed by atoms with Gasteiger partial charge in [-0.05, 0) is 19.1 Å². The number of rotatable bonds is 6. The van der Waals surface area contributed by atoms with Crippen LogP contribution in [0.4, 0.5) is 4.79 Å². The Morgan fingerprint density at radius 3 is 2.38 bits per heavy atom. The zero-order valence-corrected chi connectivity index (χ0v) is 13.5. The number of piperazine rings is 1. The first-order chi connectivity index (χ1) is 10.0. The summed E-state index contributed by atoms with van der Waals surface area (Å²) in [4.78, 5) is 26.7. The molecular formula is C14H25N3O3S. The quantitative estimate of drug-likeness (QED) is 0.767. The number of hydrogen-bond donors (Lipinski definition) is 2. The van der Waals surface area contributed by atoms with Crippen molar-refractivity contribution in [3.8, 4) is 0 Å². The molecule has 1 heterocycles. The van der Waals surface area contributed by atoms with Gasteiger partial charge in [-0.15, -0.1) is 0 Å². The third kappa shape index (κ3) is 4.51. The Labute approximate surface area is 130 Å². The van der Waals surface area contributed by atoms with Crippen molar-refractivity contribution in [3.05, 3.63) is 0 Å². The van der Waals surface area contributed by atoms with Crippen LogP contribution in [0.2, 0.25) is 0 Å². The highest BCUT2D eigenvalue weighted by molar-refractivity contribution is 8.00. The van der Waals surface area contributed by atoms with Crippen molar-refractivity contribution in [2.45, 2.75) is 30.4 Å². The molecule has 120 valence electrons.